The van der Waals surface area contributed by atoms with Gasteiger partial charge >= 0.3 is 6.03 Å². The quantitative estimate of drug-likeness (QED) is 0.788. The van der Waals surface area contributed by atoms with E-state index in [0.717, 1.165) is 18.4 Å². The van der Waals surface area contributed by atoms with E-state index in [-0.39, 0.29) is 17.8 Å². The Kier molecular flexibility index (Phi) is 5.34. The summed E-state index contributed by atoms with van der Waals surface area (Å²) in [6.07, 6.45) is 1.97. The molecule has 1 fully saturated rings. The maximum Gasteiger partial charge on any atom is 0.322 e. The van der Waals surface area contributed by atoms with Crippen molar-refractivity contribution in [1.82, 2.24) is 4.90 Å². The number of carbonyl (C=O) groups excluding carboxylic acids is 1. The third-order valence-electron chi connectivity index (χ3n) is 4.01. The fourth-order valence-corrected chi connectivity index (χ4v) is 2.92. The molecule has 0 atom stereocenters. The standard InChI is InChI=1S/C19H21ClN2O3/c1-2-25-18-16(20)7-4-8-17(18)21-19(24)22(14-9-10-14)12-13-5-3-6-15(23)11-13/h3-8,11,14,23H,2,9-10,12H2,1H3,(H,21,24). The summed E-state index contributed by atoms with van der Waals surface area (Å²) in [5, 5.41) is 13.0. The Hall–Kier alpha value is -2.40. The fourth-order valence-electron chi connectivity index (χ4n) is 2.69. The van der Waals surface area contributed by atoms with E-state index in [2.05, 4.69) is 5.32 Å². The first-order valence-corrected chi connectivity index (χ1v) is 8.73. The van der Waals surface area contributed by atoms with Crippen LogP contribution in [-0.4, -0.2) is 28.7 Å². The van der Waals surface area contributed by atoms with E-state index in [0.29, 0.717) is 29.6 Å². The van der Waals surface area contributed by atoms with E-state index in [1.807, 2.05) is 13.0 Å². The van der Waals surface area contributed by atoms with Crippen molar-refractivity contribution in [2.24, 2.45) is 0 Å². The number of ether oxygens (including phenoxy) is 1. The van der Waals surface area contributed by atoms with E-state index in [1.54, 1.807) is 41.3 Å². The molecule has 1 aliphatic rings. The van der Waals surface area contributed by atoms with Crippen LogP contribution in [0.15, 0.2) is 42.5 Å². The molecule has 25 heavy (non-hydrogen) atoms. The van der Waals surface area contributed by atoms with Gasteiger partial charge in [0.15, 0.2) is 5.75 Å². The summed E-state index contributed by atoms with van der Waals surface area (Å²) in [6.45, 7) is 2.77. The maximum absolute atomic E-state index is 12.8. The van der Waals surface area contributed by atoms with Crippen LogP contribution in [0.1, 0.15) is 25.3 Å². The van der Waals surface area contributed by atoms with Crippen LogP contribution in [0.5, 0.6) is 11.5 Å². The summed E-state index contributed by atoms with van der Waals surface area (Å²) >= 11 is 6.18. The third kappa shape index (κ3) is 4.37. The van der Waals surface area contributed by atoms with Gasteiger partial charge in [0.1, 0.15) is 5.75 Å². The van der Waals surface area contributed by atoms with Gasteiger partial charge in [0.25, 0.3) is 0 Å². The average Bonchev–Trinajstić information content (AvgIpc) is 3.41. The van der Waals surface area contributed by atoms with Gasteiger partial charge in [-0.1, -0.05) is 29.8 Å². The van der Waals surface area contributed by atoms with Crippen molar-refractivity contribution < 1.29 is 14.6 Å². The van der Waals surface area contributed by atoms with Crippen molar-refractivity contribution in [3.05, 3.63) is 53.1 Å². The molecule has 132 valence electrons. The highest BCUT2D eigenvalue weighted by Crippen LogP contribution is 2.34. The maximum atomic E-state index is 12.8. The second-order valence-electron chi connectivity index (χ2n) is 6.01. The zero-order chi connectivity index (χ0) is 17.8. The van der Waals surface area contributed by atoms with Crippen LogP contribution in [-0.2, 0) is 6.54 Å². The molecular formula is C19H21ClN2O3. The zero-order valence-electron chi connectivity index (χ0n) is 14.0. The molecule has 5 nitrogen and oxygen atoms in total. The van der Waals surface area contributed by atoms with Crippen molar-refractivity contribution in [3.63, 3.8) is 0 Å². The number of para-hydroxylation sites is 1. The Balaban J connectivity index is 1.77. The van der Waals surface area contributed by atoms with Gasteiger partial charge in [-0.3, -0.25) is 0 Å². The predicted molar refractivity (Wildman–Crippen MR) is 98.3 cm³/mol. The molecule has 1 saturated carbocycles. The van der Waals surface area contributed by atoms with Crippen LogP contribution in [0.3, 0.4) is 0 Å². The molecule has 3 rings (SSSR count). The first-order chi connectivity index (χ1) is 12.1. The Morgan fingerprint density at radius 1 is 1.32 bits per heavy atom. The highest BCUT2D eigenvalue weighted by Gasteiger charge is 2.33. The number of rotatable bonds is 6. The van der Waals surface area contributed by atoms with Gasteiger partial charge in [-0.2, -0.15) is 0 Å². The average molecular weight is 361 g/mol. The van der Waals surface area contributed by atoms with Crippen LogP contribution in [0.2, 0.25) is 5.02 Å². The number of nitrogens with zero attached hydrogens (tertiary/aromatic N) is 1. The Bertz CT molecular complexity index is 762. The summed E-state index contributed by atoms with van der Waals surface area (Å²) in [5.74, 6) is 0.676. The lowest BCUT2D eigenvalue weighted by Crippen LogP contribution is -2.36. The minimum Gasteiger partial charge on any atom is -0.508 e. The first-order valence-electron chi connectivity index (χ1n) is 8.35. The van der Waals surface area contributed by atoms with E-state index >= 15 is 0 Å². The Morgan fingerprint density at radius 3 is 2.76 bits per heavy atom. The smallest absolute Gasteiger partial charge is 0.322 e. The number of phenols is 1. The topological polar surface area (TPSA) is 61.8 Å². The van der Waals surface area contributed by atoms with Crippen LogP contribution in [0.4, 0.5) is 10.5 Å². The molecule has 2 aromatic carbocycles. The number of halogens is 1. The Labute approximate surface area is 152 Å². The number of amides is 2. The van der Waals surface area contributed by atoms with Crippen molar-refractivity contribution in [2.75, 3.05) is 11.9 Å². The van der Waals surface area contributed by atoms with E-state index in [1.165, 1.54) is 0 Å². The van der Waals surface area contributed by atoms with Crippen LogP contribution < -0.4 is 10.1 Å². The molecule has 0 aliphatic heterocycles. The molecule has 2 N–H and O–H groups in total. The number of anilines is 1. The number of hydrogen-bond acceptors (Lipinski definition) is 3. The molecule has 0 unspecified atom stereocenters. The molecule has 1 aliphatic carbocycles. The van der Waals surface area contributed by atoms with E-state index in [4.69, 9.17) is 16.3 Å². The van der Waals surface area contributed by atoms with Crippen LogP contribution in [0, 0.1) is 0 Å². The summed E-state index contributed by atoms with van der Waals surface area (Å²) in [7, 11) is 0. The number of carbonyl (C=O) groups is 1. The molecule has 0 spiro atoms. The number of benzene rings is 2. The molecule has 6 heteroatoms. The number of nitrogens with one attached hydrogen (secondary N) is 1. The monoisotopic (exact) mass is 360 g/mol. The van der Waals surface area contributed by atoms with Crippen LogP contribution in [0.25, 0.3) is 0 Å². The van der Waals surface area contributed by atoms with Gasteiger partial charge in [-0.05, 0) is 49.6 Å². The largest absolute Gasteiger partial charge is 0.508 e. The molecule has 0 bridgehead atoms. The zero-order valence-corrected chi connectivity index (χ0v) is 14.8. The number of hydrogen-bond donors (Lipinski definition) is 2. The van der Waals surface area contributed by atoms with Gasteiger partial charge in [-0.15, -0.1) is 0 Å². The minimum atomic E-state index is -0.200. The van der Waals surface area contributed by atoms with Gasteiger partial charge in [0.05, 0.1) is 17.3 Å². The number of aromatic hydroxyl groups is 1. The van der Waals surface area contributed by atoms with Gasteiger partial charge < -0.3 is 20.1 Å². The van der Waals surface area contributed by atoms with Crippen molar-refractivity contribution in [3.8, 4) is 11.5 Å². The van der Waals surface area contributed by atoms with Gasteiger partial charge in [-0.25, -0.2) is 4.79 Å². The number of phenolic OH excluding ortho intramolecular Hbond substituents is 1. The van der Waals surface area contributed by atoms with Gasteiger partial charge in [0, 0.05) is 12.6 Å². The Morgan fingerprint density at radius 2 is 2.08 bits per heavy atom. The SMILES string of the molecule is CCOc1c(Cl)cccc1NC(=O)N(Cc1cccc(O)c1)C1CC1. The molecule has 0 saturated heterocycles. The fraction of sp³-hybridized carbons (Fsp3) is 0.316. The van der Waals surface area contributed by atoms with E-state index < -0.39 is 0 Å². The lowest BCUT2D eigenvalue weighted by atomic mass is 10.2. The van der Waals surface area contributed by atoms with Crippen molar-refractivity contribution in [1.29, 1.82) is 0 Å². The first kappa shape index (κ1) is 17.4. The third-order valence-corrected chi connectivity index (χ3v) is 4.31. The second kappa shape index (κ2) is 7.66. The predicted octanol–water partition coefficient (Wildman–Crippen LogP) is 4.64. The highest BCUT2D eigenvalue weighted by molar-refractivity contribution is 6.32. The second-order valence-corrected chi connectivity index (χ2v) is 6.42. The van der Waals surface area contributed by atoms with Crippen molar-refractivity contribution >= 4 is 23.3 Å². The molecular weight excluding hydrogens is 340 g/mol. The normalized spacial score (nSPS) is 13.4. The highest BCUT2D eigenvalue weighted by atomic mass is 35.5. The summed E-state index contributed by atoms with van der Waals surface area (Å²) in [4.78, 5) is 14.6. The molecule has 2 amide bonds. The lowest BCUT2D eigenvalue weighted by Gasteiger charge is -2.24. The number of urea groups is 1. The molecule has 2 aromatic rings. The van der Waals surface area contributed by atoms with Crippen molar-refractivity contribution in [2.45, 2.75) is 32.4 Å². The molecule has 0 aromatic heterocycles. The molecule has 0 radical (unpaired) electrons. The minimum absolute atomic E-state index is 0.196. The van der Waals surface area contributed by atoms with Gasteiger partial charge in [0.2, 0.25) is 0 Å². The van der Waals surface area contributed by atoms with Crippen LogP contribution >= 0.6 is 11.6 Å². The summed E-state index contributed by atoms with van der Waals surface area (Å²) in [6, 6.07) is 12.3. The van der Waals surface area contributed by atoms with E-state index in [9.17, 15) is 9.90 Å². The summed E-state index contributed by atoms with van der Waals surface area (Å²) in [5.41, 5.74) is 1.44. The summed E-state index contributed by atoms with van der Waals surface area (Å²) < 4.78 is 5.56. The lowest BCUT2D eigenvalue weighted by molar-refractivity contribution is 0.206. The molecule has 0 heterocycles.